The summed E-state index contributed by atoms with van der Waals surface area (Å²) in [4.78, 5) is 17.8. The summed E-state index contributed by atoms with van der Waals surface area (Å²) in [6, 6.07) is 22.3. The average Bonchev–Trinajstić information content (AvgIpc) is 3.11. The highest BCUT2D eigenvalue weighted by molar-refractivity contribution is 7.90. The van der Waals surface area contributed by atoms with Crippen molar-refractivity contribution in [2.24, 2.45) is 4.99 Å². The van der Waals surface area contributed by atoms with E-state index in [2.05, 4.69) is 23.0 Å². The van der Waals surface area contributed by atoms with Gasteiger partial charge >= 0.3 is 0 Å². The number of hydrogen-bond donors (Lipinski definition) is 0. The summed E-state index contributed by atoms with van der Waals surface area (Å²) in [5, 5.41) is 0. The molecule has 0 fully saturated rings. The van der Waals surface area contributed by atoms with Gasteiger partial charge in [-0.3, -0.25) is 4.79 Å². The fraction of sp³-hybridized carbons (Fsp3) is 0.120. The Bertz CT molecular complexity index is 1510. The maximum Gasteiger partial charge on any atom is 0.279 e. The molecule has 5 nitrogen and oxygen atoms in total. The Hall–Kier alpha value is -3.47. The minimum absolute atomic E-state index is 0.214. The van der Waals surface area contributed by atoms with E-state index in [1.54, 1.807) is 28.8 Å². The molecule has 0 saturated heterocycles. The van der Waals surface area contributed by atoms with Gasteiger partial charge in [-0.05, 0) is 47.9 Å². The molecule has 0 atom stereocenters. The second-order valence-corrected chi connectivity index (χ2v) is 10.4. The molecule has 1 heterocycles. The van der Waals surface area contributed by atoms with Crippen LogP contribution in [0.4, 0.5) is 0 Å². The van der Waals surface area contributed by atoms with Crippen molar-refractivity contribution >= 4 is 37.3 Å². The molecule has 0 aliphatic heterocycles. The van der Waals surface area contributed by atoms with Gasteiger partial charge in [0.2, 0.25) is 0 Å². The van der Waals surface area contributed by atoms with Gasteiger partial charge in [0.1, 0.15) is 0 Å². The Morgan fingerprint density at radius 2 is 1.72 bits per heavy atom. The zero-order valence-electron chi connectivity index (χ0n) is 17.4. The van der Waals surface area contributed by atoms with Crippen LogP contribution in [-0.2, 0) is 22.8 Å². The Morgan fingerprint density at radius 3 is 2.38 bits per heavy atom. The maximum atomic E-state index is 12.8. The number of amides is 1. The van der Waals surface area contributed by atoms with Crippen molar-refractivity contribution in [1.29, 1.82) is 0 Å². The van der Waals surface area contributed by atoms with Crippen molar-refractivity contribution < 1.29 is 13.2 Å². The molecule has 0 radical (unpaired) electrons. The summed E-state index contributed by atoms with van der Waals surface area (Å²) in [6.45, 7) is 0.223. The van der Waals surface area contributed by atoms with Gasteiger partial charge in [-0.2, -0.15) is 4.99 Å². The first-order chi connectivity index (χ1) is 15.3. The number of thiazole rings is 1. The molecule has 0 aliphatic rings. The third-order valence-electron chi connectivity index (χ3n) is 4.98. The molecule has 1 amide bonds. The van der Waals surface area contributed by atoms with Crippen LogP contribution >= 0.6 is 11.3 Å². The van der Waals surface area contributed by atoms with Gasteiger partial charge in [0.15, 0.2) is 14.6 Å². The lowest BCUT2D eigenvalue weighted by molar-refractivity contribution is 0.0998. The molecular weight excluding hydrogens is 440 g/mol. The van der Waals surface area contributed by atoms with Gasteiger partial charge in [-0.15, -0.1) is 6.42 Å². The number of sulfone groups is 1. The lowest BCUT2D eigenvalue weighted by atomic mass is 10.0. The Kier molecular flexibility index (Phi) is 6.08. The number of nitrogens with zero attached hydrogens (tertiary/aromatic N) is 2. The number of benzene rings is 3. The van der Waals surface area contributed by atoms with E-state index >= 15 is 0 Å². The van der Waals surface area contributed by atoms with E-state index in [4.69, 9.17) is 6.42 Å². The van der Waals surface area contributed by atoms with Gasteiger partial charge < -0.3 is 4.57 Å². The van der Waals surface area contributed by atoms with Crippen LogP contribution in [0.3, 0.4) is 0 Å². The number of aromatic nitrogens is 1. The highest BCUT2D eigenvalue weighted by atomic mass is 32.2. The molecule has 1 aromatic heterocycles. The van der Waals surface area contributed by atoms with Gasteiger partial charge in [0.25, 0.3) is 5.91 Å². The van der Waals surface area contributed by atoms with Crippen molar-refractivity contribution in [3.8, 4) is 12.3 Å². The van der Waals surface area contributed by atoms with Crippen molar-refractivity contribution in [3.63, 3.8) is 0 Å². The normalized spacial score (nSPS) is 12.1. The first-order valence-electron chi connectivity index (χ1n) is 9.84. The summed E-state index contributed by atoms with van der Waals surface area (Å²) < 4.78 is 26.2. The third kappa shape index (κ3) is 4.72. The molecule has 0 spiro atoms. The van der Waals surface area contributed by atoms with E-state index in [0.29, 0.717) is 15.1 Å². The van der Waals surface area contributed by atoms with Crippen LogP contribution in [-0.4, -0.2) is 25.1 Å². The lowest BCUT2D eigenvalue weighted by Gasteiger charge is -2.03. The monoisotopic (exact) mass is 460 g/mol. The molecule has 0 N–H and O–H groups in total. The molecule has 7 heteroatoms. The van der Waals surface area contributed by atoms with Crippen molar-refractivity contribution in [1.82, 2.24) is 4.57 Å². The molecule has 0 aliphatic carbocycles. The summed E-state index contributed by atoms with van der Waals surface area (Å²) in [7, 11) is -3.34. The first kappa shape index (κ1) is 21.8. The second-order valence-electron chi connectivity index (χ2n) is 7.35. The topological polar surface area (TPSA) is 68.5 Å². The summed E-state index contributed by atoms with van der Waals surface area (Å²) in [5.74, 6) is 2.19. The molecule has 4 aromatic rings. The van der Waals surface area contributed by atoms with Crippen LogP contribution in [0.25, 0.3) is 10.2 Å². The highest BCUT2D eigenvalue weighted by Crippen LogP contribution is 2.22. The Balaban J connectivity index is 1.67. The second kappa shape index (κ2) is 8.95. The fourth-order valence-corrected chi connectivity index (χ4v) is 5.15. The van der Waals surface area contributed by atoms with Gasteiger partial charge in [0.05, 0.1) is 21.7 Å². The van der Waals surface area contributed by atoms with Crippen LogP contribution in [0.15, 0.2) is 82.7 Å². The lowest BCUT2D eigenvalue weighted by Crippen LogP contribution is -2.16. The predicted octanol–water partition coefficient (Wildman–Crippen LogP) is 4.07. The molecule has 0 bridgehead atoms. The Morgan fingerprint density at radius 1 is 1.03 bits per heavy atom. The smallest absolute Gasteiger partial charge is 0.279 e. The standard InChI is InChI=1S/C25H20N2O3S2/c1-3-15-27-22-14-13-21(32(2,29)30)17-23(22)31-25(27)26-24(28)20-11-9-19(10-12-20)16-18-7-5-4-6-8-18/h1,4-14,17H,15-16H2,2H3. The van der Waals surface area contributed by atoms with Crippen LogP contribution in [0.2, 0.25) is 0 Å². The zero-order valence-corrected chi connectivity index (χ0v) is 19.0. The van der Waals surface area contributed by atoms with Crippen molar-refractivity contribution in [2.75, 3.05) is 6.26 Å². The number of terminal acetylenes is 1. The predicted molar refractivity (Wildman–Crippen MR) is 127 cm³/mol. The molecule has 3 aromatic carbocycles. The molecule has 0 unspecified atom stereocenters. The van der Waals surface area contributed by atoms with E-state index in [9.17, 15) is 13.2 Å². The molecule has 4 rings (SSSR count). The average molecular weight is 461 g/mol. The van der Waals surface area contributed by atoms with E-state index in [0.717, 1.165) is 23.8 Å². The van der Waals surface area contributed by atoms with E-state index in [1.165, 1.54) is 23.0 Å². The Labute approximate surface area is 190 Å². The highest BCUT2D eigenvalue weighted by Gasteiger charge is 2.13. The van der Waals surface area contributed by atoms with E-state index < -0.39 is 9.84 Å². The number of hydrogen-bond acceptors (Lipinski definition) is 4. The summed E-state index contributed by atoms with van der Waals surface area (Å²) in [6.07, 6.45) is 7.46. The first-order valence-corrected chi connectivity index (χ1v) is 12.5. The molecule has 32 heavy (non-hydrogen) atoms. The number of fused-ring (bicyclic) bond motifs is 1. The van der Waals surface area contributed by atoms with Crippen LogP contribution in [0.1, 0.15) is 21.5 Å². The molecular formula is C25H20N2O3S2. The minimum Gasteiger partial charge on any atom is -0.305 e. The zero-order chi connectivity index (χ0) is 22.7. The minimum atomic E-state index is -3.34. The maximum absolute atomic E-state index is 12.8. The molecule has 160 valence electrons. The van der Waals surface area contributed by atoms with E-state index in [-0.39, 0.29) is 17.3 Å². The SMILES string of the molecule is C#CCn1c(=NC(=O)c2ccc(Cc3ccccc3)cc2)sc2cc(S(C)(=O)=O)ccc21. The quantitative estimate of drug-likeness (QED) is 0.422. The molecule has 0 saturated carbocycles. The van der Waals surface area contributed by atoms with Gasteiger partial charge in [0, 0.05) is 11.8 Å². The largest absolute Gasteiger partial charge is 0.305 e. The van der Waals surface area contributed by atoms with Crippen molar-refractivity contribution in [2.45, 2.75) is 17.9 Å². The van der Waals surface area contributed by atoms with E-state index in [1.807, 2.05) is 30.3 Å². The van der Waals surface area contributed by atoms with Gasteiger partial charge in [-0.25, -0.2) is 8.42 Å². The number of carbonyl (C=O) groups is 1. The fourth-order valence-electron chi connectivity index (χ4n) is 3.36. The van der Waals surface area contributed by atoms with Crippen LogP contribution in [0.5, 0.6) is 0 Å². The summed E-state index contributed by atoms with van der Waals surface area (Å²) in [5.41, 5.74) is 3.52. The third-order valence-corrected chi connectivity index (χ3v) is 7.13. The number of carbonyl (C=O) groups excluding carboxylic acids is 1. The summed E-state index contributed by atoms with van der Waals surface area (Å²) >= 11 is 1.24. The van der Waals surface area contributed by atoms with Crippen molar-refractivity contribution in [3.05, 3.63) is 94.3 Å². The van der Waals surface area contributed by atoms with Gasteiger partial charge in [-0.1, -0.05) is 59.7 Å². The number of rotatable bonds is 5. The van der Waals surface area contributed by atoms with Crippen LogP contribution < -0.4 is 4.80 Å². The van der Waals surface area contributed by atoms with Crippen LogP contribution in [0, 0.1) is 12.3 Å².